The second kappa shape index (κ2) is 7.56. The molecule has 2 amide bonds. The summed E-state index contributed by atoms with van der Waals surface area (Å²) >= 11 is 0. The van der Waals surface area contributed by atoms with Gasteiger partial charge >= 0.3 is 0 Å². The van der Waals surface area contributed by atoms with Gasteiger partial charge in [0.15, 0.2) is 0 Å². The predicted octanol–water partition coefficient (Wildman–Crippen LogP) is 1.81. The number of hydrogen-bond donors (Lipinski definition) is 1. The van der Waals surface area contributed by atoms with E-state index in [0.717, 1.165) is 5.56 Å². The van der Waals surface area contributed by atoms with Crippen LogP contribution in [0.5, 0.6) is 0 Å². The first-order chi connectivity index (χ1) is 8.99. The van der Waals surface area contributed by atoms with Crippen LogP contribution in [0.15, 0.2) is 30.3 Å². The Bertz CT molecular complexity index is 415. The minimum atomic E-state index is -0.125. The number of nitrogens with one attached hydrogen (secondary N) is 1. The molecular formula is C15H22N2O2. The zero-order valence-electron chi connectivity index (χ0n) is 11.8. The number of benzene rings is 1. The molecule has 0 aromatic heterocycles. The average Bonchev–Trinajstić information content (AvgIpc) is 2.36. The van der Waals surface area contributed by atoms with E-state index in [4.69, 9.17) is 0 Å². The van der Waals surface area contributed by atoms with Crippen molar-refractivity contribution in [2.24, 2.45) is 5.92 Å². The zero-order valence-corrected chi connectivity index (χ0v) is 11.8. The molecule has 0 unspecified atom stereocenters. The van der Waals surface area contributed by atoms with Gasteiger partial charge in [0.05, 0.1) is 6.54 Å². The van der Waals surface area contributed by atoms with Gasteiger partial charge in [-0.15, -0.1) is 0 Å². The lowest BCUT2D eigenvalue weighted by Gasteiger charge is -2.22. The van der Waals surface area contributed by atoms with Gasteiger partial charge in [0.2, 0.25) is 11.8 Å². The molecule has 4 heteroatoms. The van der Waals surface area contributed by atoms with Crippen LogP contribution in [0.2, 0.25) is 0 Å². The molecule has 0 aliphatic carbocycles. The van der Waals surface area contributed by atoms with Crippen LogP contribution in [-0.2, 0) is 16.1 Å². The van der Waals surface area contributed by atoms with Crippen molar-refractivity contribution in [2.45, 2.75) is 27.3 Å². The molecule has 4 nitrogen and oxygen atoms in total. The minimum Gasteiger partial charge on any atom is -0.350 e. The molecule has 0 heterocycles. The maximum atomic E-state index is 11.8. The Kier molecular flexibility index (Phi) is 6.06. The molecule has 0 aliphatic heterocycles. The van der Waals surface area contributed by atoms with Gasteiger partial charge in [0.1, 0.15) is 0 Å². The van der Waals surface area contributed by atoms with Crippen molar-refractivity contribution in [3.8, 4) is 0 Å². The highest BCUT2D eigenvalue weighted by Crippen LogP contribution is 2.00. The topological polar surface area (TPSA) is 49.4 Å². The fourth-order valence-electron chi connectivity index (χ4n) is 1.77. The molecule has 0 saturated carbocycles. The Morgan fingerprint density at radius 3 is 2.37 bits per heavy atom. The summed E-state index contributed by atoms with van der Waals surface area (Å²) in [7, 11) is 0. The highest BCUT2D eigenvalue weighted by molar-refractivity contribution is 5.83. The van der Waals surface area contributed by atoms with Crippen molar-refractivity contribution in [1.29, 1.82) is 0 Å². The first-order valence-corrected chi connectivity index (χ1v) is 6.55. The number of carbonyl (C=O) groups excluding carboxylic acids is 2. The van der Waals surface area contributed by atoms with Gasteiger partial charge in [-0.25, -0.2) is 0 Å². The highest BCUT2D eigenvalue weighted by Gasteiger charge is 2.14. The third-order valence-corrected chi connectivity index (χ3v) is 2.70. The van der Waals surface area contributed by atoms with Gasteiger partial charge in [-0.1, -0.05) is 44.2 Å². The number of nitrogens with zero attached hydrogens (tertiary/aromatic N) is 1. The fourth-order valence-corrected chi connectivity index (χ4v) is 1.77. The van der Waals surface area contributed by atoms with E-state index in [9.17, 15) is 9.59 Å². The van der Waals surface area contributed by atoms with Crippen LogP contribution < -0.4 is 5.32 Å². The van der Waals surface area contributed by atoms with E-state index in [-0.39, 0.29) is 18.4 Å². The number of amides is 2. The maximum absolute atomic E-state index is 11.8. The number of rotatable bonds is 6. The van der Waals surface area contributed by atoms with E-state index in [1.54, 1.807) is 4.90 Å². The molecule has 104 valence electrons. The lowest BCUT2D eigenvalue weighted by molar-refractivity contribution is -0.134. The molecule has 1 N–H and O–H groups in total. The van der Waals surface area contributed by atoms with Crippen LogP contribution in [0.1, 0.15) is 26.3 Å². The Labute approximate surface area is 114 Å². The van der Waals surface area contributed by atoms with Crippen molar-refractivity contribution in [1.82, 2.24) is 10.2 Å². The predicted molar refractivity (Wildman–Crippen MR) is 75.4 cm³/mol. The van der Waals surface area contributed by atoms with Gasteiger partial charge in [0.25, 0.3) is 0 Å². The summed E-state index contributed by atoms with van der Waals surface area (Å²) < 4.78 is 0. The quantitative estimate of drug-likeness (QED) is 0.850. The minimum absolute atomic E-state index is 0.0661. The first kappa shape index (κ1) is 15.2. The highest BCUT2D eigenvalue weighted by atomic mass is 16.2. The van der Waals surface area contributed by atoms with Crippen LogP contribution >= 0.6 is 0 Å². The third kappa shape index (κ3) is 6.04. The lowest BCUT2D eigenvalue weighted by atomic mass is 10.2. The molecule has 0 atom stereocenters. The summed E-state index contributed by atoms with van der Waals surface area (Å²) in [6, 6.07) is 9.71. The first-order valence-electron chi connectivity index (χ1n) is 6.55. The summed E-state index contributed by atoms with van der Waals surface area (Å²) in [6.45, 7) is 6.77. The molecule has 0 saturated heterocycles. The second-order valence-electron chi connectivity index (χ2n) is 5.06. The van der Waals surface area contributed by atoms with Gasteiger partial charge in [0, 0.05) is 20.0 Å². The molecule has 19 heavy (non-hydrogen) atoms. The summed E-state index contributed by atoms with van der Waals surface area (Å²) in [5, 5.41) is 2.82. The lowest BCUT2D eigenvalue weighted by Crippen LogP contribution is -2.41. The number of hydrogen-bond acceptors (Lipinski definition) is 2. The van der Waals surface area contributed by atoms with E-state index < -0.39 is 0 Å². The maximum Gasteiger partial charge on any atom is 0.239 e. The standard InChI is InChI=1S/C15H22N2O2/c1-12(2)10-17(13(3)18)11-15(19)16-9-14-7-5-4-6-8-14/h4-8,12H,9-11H2,1-3H3,(H,16,19). The fraction of sp³-hybridized carbons (Fsp3) is 0.467. The Balaban J connectivity index is 2.42. The van der Waals surface area contributed by atoms with Crippen LogP contribution in [0, 0.1) is 5.92 Å². The van der Waals surface area contributed by atoms with E-state index in [2.05, 4.69) is 5.32 Å². The normalized spacial score (nSPS) is 10.3. The smallest absolute Gasteiger partial charge is 0.239 e. The summed E-state index contributed by atoms with van der Waals surface area (Å²) in [5.74, 6) is 0.161. The molecule has 0 aliphatic rings. The second-order valence-corrected chi connectivity index (χ2v) is 5.06. The molecule has 0 bridgehead atoms. The van der Waals surface area contributed by atoms with E-state index in [1.807, 2.05) is 44.2 Å². The number of carbonyl (C=O) groups is 2. The van der Waals surface area contributed by atoms with Gasteiger partial charge in [-0.3, -0.25) is 9.59 Å². The van der Waals surface area contributed by atoms with Gasteiger partial charge in [-0.05, 0) is 11.5 Å². The van der Waals surface area contributed by atoms with Crippen LogP contribution in [0.3, 0.4) is 0 Å². The summed E-state index contributed by atoms with van der Waals surface area (Å²) in [4.78, 5) is 24.8. The molecule has 1 aromatic rings. The van der Waals surface area contributed by atoms with E-state index in [0.29, 0.717) is 19.0 Å². The Morgan fingerprint density at radius 2 is 1.84 bits per heavy atom. The Hall–Kier alpha value is -1.84. The summed E-state index contributed by atoms with van der Waals surface area (Å²) in [5.41, 5.74) is 1.05. The van der Waals surface area contributed by atoms with Crippen molar-refractivity contribution in [2.75, 3.05) is 13.1 Å². The van der Waals surface area contributed by atoms with Crippen LogP contribution in [0.25, 0.3) is 0 Å². The third-order valence-electron chi connectivity index (χ3n) is 2.70. The van der Waals surface area contributed by atoms with Crippen molar-refractivity contribution in [3.05, 3.63) is 35.9 Å². The van der Waals surface area contributed by atoms with Crippen molar-refractivity contribution in [3.63, 3.8) is 0 Å². The monoisotopic (exact) mass is 262 g/mol. The van der Waals surface area contributed by atoms with Gasteiger partial charge < -0.3 is 10.2 Å². The molecular weight excluding hydrogens is 240 g/mol. The molecule has 0 fully saturated rings. The van der Waals surface area contributed by atoms with Crippen LogP contribution in [0.4, 0.5) is 0 Å². The Morgan fingerprint density at radius 1 is 1.21 bits per heavy atom. The van der Waals surface area contributed by atoms with E-state index in [1.165, 1.54) is 6.92 Å². The van der Waals surface area contributed by atoms with E-state index >= 15 is 0 Å². The summed E-state index contributed by atoms with van der Waals surface area (Å²) in [6.07, 6.45) is 0. The van der Waals surface area contributed by atoms with Crippen molar-refractivity contribution < 1.29 is 9.59 Å². The average molecular weight is 262 g/mol. The van der Waals surface area contributed by atoms with Crippen molar-refractivity contribution >= 4 is 11.8 Å². The zero-order chi connectivity index (χ0) is 14.3. The molecule has 0 spiro atoms. The SMILES string of the molecule is CC(=O)N(CC(=O)NCc1ccccc1)CC(C)C. The largest absolute Gasteiger partial charge is 0.350 e. The van der Waals surface area contributed by atoms with Crippen LogP contribution in [-0.4, -0.2) is 29.8 Å². The molecule has 0 radical (unpaired) electrons. The molecule has 1 rings (SSSR count). The molecule has 1 aromatic carbocycles. The van der Waals surface area contributed by atoms with Gasteiger partial charge in [-0.2, -0.15) is 0 Å².